The van der Waals surface area contributed by atoms with Crippen LogP contribution in [0.2, 0.25) is 0 Å². The van der Waals surface area contributed by atoms with Gasteiger partial charge in [-0.1, -0.05) is 267 Å². The zero-order valence-corrected chi connectivity index (χ0v) is 62.3. The van der Waals surface area contributed by atoms with Crippen molar-refractivity contribution in [2.24, 2.45) is 0 Å². The average molecular weight is 1400 g/mol. The summed E-state index contributed by atoms with van der Waals surface area (Å²) < 4.78 is 68.4. The Bertz CT molecular complexity index is 2160. The molecule has 0 aromatic rings. The number of allylic oxidation sites excluding steroid dienone is 14. The number of phosphoric acid groups is 2. The lowest BCUT2D eigenvalue weighted by Crippen LogP contribution is -2.30. The first kappa shape index (κ1) is 92.2. The molecule has 19 heteroatoms. The van der Waals surface area contributed by atoms with Crippen LogP contribution in [0, 0.1) is 0 Å². The molecule has 0 spiro atoms. The molecule has 0 rings (SSSR count). The number of aliphatic hydroxyl groups excluding tert-OH is 1. The van der Waals surface area contributed by atoms with Crippen molar-refractivity contribution in [3.8, 4) is 0 Å². The Morgan fingerprint density at radius 2 is 0.542 bits per heavy atom. The van der Waals surface area contributed by atoms with Crippen LogP contribution in [-0.2, 0) is 65.4 Å². The lowest BCUT2D eigenvalue weighted by molar-refractivity contribution is -0.161. The molecule has 0 amide bonds. The Labute approximate surface area is 583 Å². The van der Waals surface area contributed by atoms with Gasteiger partial charge in [0.1, 0.15) is 19.3 Å². The number of hydrogen-bond donors (Lipinski definition) is 3. The van der Waals surface area contributed by atoms with Gasteiger partial charge in [-0.15, -0.1) is 0 Å². The predicted molar refractivity (Wildman–Crippen MR) is 390 cm³/mol. The molecule has 556 valence electrons. The van der Waals surface area contributed by atoms with Gasteiger partial charge in [0.25, 0.3) is 0 Å². The molecule has 0 bridgehead atoms. The summed E-state index contributed by atoms with van der Waals surface area (Å²) in [5.41, 5.74) is 0. The topological polar surface area (TPSA) is 237 Å². The molecule has 5 unspecified atom stereocenters. The summed E-state index contributed by atoms with van der Waals surface area (Å²) in [5.74, 6) is -2.19. The molecule has 17 nitrogen and oxygen atoms in total. The minimum atomic E-state index is -4.97. The Morgan fingerprint density at radius 3 is 0.854 bits per heavy atom. The van der Waals surface area contributed by atoms with Crippen LogP contribution in [0.5, 0.6) is 0 Å². The van der Waals surface area contributed by atoms with E-state index in [9.17, 15) is 43.2 Å². The van der Waals surface area contributed by atoms with Gasteiger partial charge in [-0.3, -0.25) is 37.3 Å². The van der Waals surface area contributed by atoms with Crippen molar-refractivity contribution in [1.29, 1.82) is 0 Å². The third kappa shape index (κ3) is 68.8. The van der Waals surface area contributed by atoms with Crippen LogP contribution in [0.1, 0.15) is 323 Å². The van der Waals surface area contributed by atoms with E-state index in [-0.39, 0.29) is 25.7 Å². The number of unbranched alkanes of at least 4 members (excludes halogenated alkanes) is 31. The molecule has 0 saturated heterocycles. The monoisotopic (exact) mass is 1390 g/mol. The van der Waals surface area contributed by atoms with Crippen molar-refractivity contribution < 1.29 is 80.2 Å². The Kier molecular flexibility index (Phi) is 67.0. The van der Waals surface area contributed by atoms with E-state index in [0.29, 0.717) is 25.7 Å². The molecule has 5 atom stereocenters. The van der Waals surface area contributed by atoms with E-state index >= 15 is 0 Å². The third-order valence-electron chi connectivity index (χ3n) is 15.9. The highest BCUT2D eigenvalue weighted by Crippen LogP contribution is 2.45. The zero-order chi connectivity index (χ0) is 70.4. The van der Waals surface area contributed by atoms with Crippen LogP contribution in [0.25, 0.3) is 0 Å². The average Bonchev–Trinajstić information content (AvgIpc) is 1.17. The minimum absolute atomic E-state index is 0.0841. The van der Waals surface area contributed by atoms with Crippen LogP contribution < -0.4 is 0 Å². The number of rotatable bonds is 71. The highest BCUT2D eigenvalue weighted by Gasteiger charge is 2.30. The summed E-state index contributed by atoms with van der Waals surface area (Å²) in [6.45, 7) is 4.62. The number of hydrogen-bond acceptors (Lipinski definition) is 15. The number of esters is 4. The van der Waals surface area contributed by atoms with Crippen LogP contribution >= 0.6 is 15.6 Å². The second-order valence-electron chi connectivity index (χ2n) is 25.2. The zero-order valence-electron chi connectivity index (χ0n) is 60.5. The fraction of sp³-hybridized carbons (Fsp3) is 0.766. The quantitative estimate of drug-likeness (QED) is 0.0169. The molecule has 0 aromatic carbocycles. The van der Waals surface area contributed by atoms with Gasteiger partial charge in [0.15, 0.2) is 12.2 Å². The van der Waals surface area contributed by atoms with E-state index in [4.69, 9.17) is 37.0 Å². The minimum Gasteiger partial charge on any atom is -0.462 e. The fourth-order valence-corrected chi connectivity index (χ4v) is 11.7. The first-order valence-electron chi connectivity index (χ1n) is 37.8. The normalized spacial score (nSPS) is 14.4. The van der Waals surface area contributed by atoms with Crippen LogP contribution in [0.4, 0.5) is 0 Å². The van der Waals surface area contributed by atoms with E-state index < -0.39 is 97.5 Å². The van der Waals surface area contributed by atoms with Gasteiger partial charge >= 0.3 is 39.5 Å². The summed E-state index contributed by atoms with van der Waals surface area (Å²) in [4.78, 5) is 72.8. The Morgan fingerprint density at radius 1 is 0.302 bits per heavy atom. The molecule has 3 N–H and O–H groups in total. The summed E-state index contributed by atoms with van der Waals surface area (Å²) in [6, 6.07) is 0. The molecular formula is C77H136O17P2. The number of phosphoric ester groups is 2. The summed E-state index contributed by atoms with van der Waals surface area (Å²) >= 11 is 0. The van der Waals surface area contributed by atoms with Gasteiger partial charge in [0.2, 0.25) is 0 Å². The maximum absolute atomic E-state index is 13.1. The second-order valence-corrected chi connectivity index (χ2v) is 28.1. The van der Waals surface area contributed by atoms with Crippen LogP contribution in [0.15, 0.2) is 85.1 Å². The van der Waals surface area contributed by atoms with Crippen molar-refractivity contribution >= 4 is 39.5 Å². The van der Waals surface area contributed by atoms with Gasteiger partial charge in [-0.25, -0.2) is 9.13 Å². The van der Waals surface area contributed by atoms with Crippen LogP contribution in [0.3, 0.4) is 0 Å². The molecule has 0 fully saturated rings. The summed E-state index contributed by atoms with van der Waals surface area (Å²) in [6.07, 6.45) is 70.0. The van der Waals surface area contributed by atoms with Crippen LogP contribution in [-0.4, -0.2) is 96.7 Å². The third-order valence-corrected chi connectivity index (χ3v) is 17.8. The highest BCUT2D eigenvalue weighted by atomic mass is 31.2. The molecular weight excluding hydrogens is 1260 g/mol. The lowest BCUT2D eigenvalue weighted by Gasteiger charge is -2.21. The number of aliphatic hydroxyl groups is 1. The first-order chi connectivity index (χ1) is 46.7. The van der Waals surface area contributed by atoms with Crippen molar-refractivity contribution in [3.63, 3.8) is 0 Å². The molecule has 0 aliphatic carbocycles. The number of carbonyl (C=O) groups is 4. The molecule has 0 heterocycles. The van der Waals surface area contributed by atoms with E-state index in [1.807, 2.05) is 0 Å². The van der Waals surface area contributed by atoms with Gasteiger partial charge in [0.05, 0.1) is 26.4 Å². The predicted octanol–water partition coefficient (Wildman–Crippen LogP) is 21.4. The molecule has 0 aromatic heterocycles. The van der Waals surface area contributed by atoms with Crippen molar-refractivity contribution in [2.75, 3.05) is 39.6 Å². The van der Waals surface area contributed by atoms with Gasteiger partial charge < -0.3 is 33.8 Å². The molecule has 96 heavy (non-hydrogen) atoms. The van der Waals surface area contributed by atoms with Gasteiger partial charge in [-0.2, -0.15) is 0 Å². The van der Waals surface area contributed by atoms with Gasteiger partial charge in [0, 0.05) is 25.7 Å². The van der Waals surface area contributed by atoms with E-state index in [1.165, 1.54) is 64.2 Å². The second kappa shape index (κ2) is 69.7. The highest BCUT2D eigenvalue weighted by molar-refractivity contribution is 7.47. The fourth-order valence-electron chi connectivity index (χ4n) is 10.1. The number of ether oxygens (including phenoxy) is 4. The molecule has 0 aliphatic rings. The molecule has 0 aliphatic heterocycles. The summed E-state index contributed by atoms with van der Waals surface area (Å²) in [7, 11) is -9.94. The SMILES string of the molecule is CC/C=C\C/C=C\C/C=C\CCCCCCCCCC(=O)OCC(COP(=O)(O)OCC(O)COP(=O)(O)OCC(COC(=O)CCCCCCC/C=C\C/C=C\C/C=C\CC)OC(=O)CCCCCCCCCCCCC)OC(=O)CCCCCCC/C=C\CCCCCC. The lowest BCUT2D eigenvalue weighted by atomic mass is 10.1. The van der Waals surface area contributed by atoms with E-state index in [1.54, 1.807) is 0 Å². The summed E-state index contributed by atoms with van der Waals surface area (Å²) in [5, 5.41) is 10.6. The maximum Gasteiger partial charge on any atom is 0.472 e. The first-order valence-corrected chi connectivity index (χ1v) is 40.8. The molecule has 0 saturated carbocycles. The standard InChI is InChI=1S/C77H136O17P2/c1-5-9-13-17-21-25-29-32-34-35-37-40-43-46-50-54-58-62-75(80)88-68-73(94-77(82)64-60-56-52-48-44-38-31-27-23-19-15-11-7-3)70-92-96(85,86)90-66-71(78)65-89-95(83,84)91-69-72(93-76(81)63-59-55-51-47-41-28-24-20-16-12-8-4)67-87-74(79)61-57-53-49-45-42-39-36-33-30-26-22-18-14-10-6-2/h9-10,13-14,21-22,25-27,31-34,36,71-73,78H,5-8,11-12,15-20,23-24,28-30,35,37-70H2,1-4H3,(H,83,84)(H,85,86)/b13-9-,14-10-,25-21-,26-22-,31-27-,34-32-,36-33-. The molecule has 0 radical (unpaired) electrons. The Balaban J connectivity index is 5.31. The van der Waals surface area contributed by atoms with Gasteiger partial charge in [-0.05, 0) is 116 Å². The van der Waals surface area contributed by atoms with Crippen molar-refractivity contribution in [3.05, 3.63) is 85.1 Å². The smallest absolute Gasteiger partial charge is 0.462 e. The Hall–Kier alpha value is -3.76. The van der Waals surface area contributed by atoms with Crippen molar-refractivity contribution in [2.45, 2.75) is 341 Å². The van der Waals surface area contributed by atoms with E-state index in [0.717, 1.165) is 180 Å². The largest absolute Gasteiger partial charge is 0.472 e. The maximum atomic E-state index is 13.1. The van der Waals surface area contributed by atoms with E-state index in [2.05, 4.69) is 113 Å². The number of carbonyl (C=O) groups excluding carboxylic acids is 4. The van der Waals surface area contributed by atoms with Crippen molar-refractivity contribution in [1.82, 2.24) is 0 Å².